The Morgan fingerprint density at radius 1 is 1.06 bits per heavy atom. The van der Waals surface area contributed by atoms with Crippen molar-refractivity contribution in [2.75, 3.05) is 11.5 Å². The summed E-state index contributed by atoms with van der Waals surface area (Å²) in [4.78, 5) is 27.2. The summed E-state index contributed by atoms with van der Waals surface area (Å²) in [6, 6.07) is 18.7. The minimum absolute atomic E-state index is 0.00789. The molecule has 1 atom stereocenters. The van der Waals surface area contributed by atoms with Crippen LogP contribution >= 0.6 is 0 Å². The van der Waals surface area contributed by atoms with Crippen LogP contribution < -0.4 is 14.8 Å². The van der Waals surface area contributed by atoms with Gasteiger partial charge in [-0.15, -0.1) is 0 Å². The molecular formula is C26H26N2O6S. The monoisotopic (exact) mass is 494 g/mol. The minimum Gasteiger partial charge on any atom is -0.488 e. The van der Waals surface area contributed by atoms with Crippen LogP contribution in [-0.2, 0) is 32.6 Å². The molecule has 1 aliphatic heterocycles. The lowest BCUT2D eigenvalue weighted by atomic mass is 10.1. The van der Waals surface area contributed by atoms with Gasteiger partial charge in [-0.25, -0.2) is 18.4 Å². The predicted molar refractivity (Wildman–Crippen MR) is 131 cm³/mol. The molecule has 3 aromatic carbocycles. The molecule has 2 N–H and O–H groups in total. The van der Waals surface area contributed by atoms with Crippen LogP contribution in [0.1, 0.15) is 34.0 Å². The first kappa shape index (κ1) is 24.4. The fraction of sp³-hybridized carbons (Fsp3) is 0.231. The maximum atomic E-state index is 12.9. The molecule has 1 heterocycles. The largest absolute Gasteiger partial charge is 0.488 e. The van der Waals surface area contributed by atoms with Crippen molar-refractivity contribution in [1.82, 2.24) is 0 Å². The normalized spacial score (nSPS) is 14.9. The molecule has 35 heavy (non-hydrogen) atoms. The molecule has 1 unspecified atom stereocenters. The molecule has 0 saturated heterocycles. The summed E-state index contributed by atoms with van der Waals surface area (Å²) < 4.78 is 34.5. The van der Waals surface area contributed by atoms with E-state index in [4.69, 9.17) is 14.6 Å². The number of carbonyl (C=O) groups is 2. The van der Waals surface area contributed by atoms with Crippen molar-refractivity contribution in [3.05, 3.63) is 89.0 Å². The van der Waals surface area contributed by atoms with E-state index < -0.39 is 28.5 Å². The average Bonchev–Trinajstić information content (AvgIpc) is 3.16. The molecule has 1 aliphatic rings. The lowest BCUT2D eigenvalue weighted by molar-refractivity contribution is -0.122. The Labute approximate surface area is 204 Å². The van der Waals surface area contributed by atoms with Crippen LogP contribution in [-0.4, -0.2) is 32.9 Å². The molecule has 0 aliphatic carbocycles. The van der Waals surface area contributed by atoms with Gasteiger partial charge in [0.05, 0.1) is 4.90 Å². The molecule has 9 heteroatoms. The Hall–Kier alpha value is -3.69. The summed E-state index contributed by atoms with van der Waals surface area (Å²) in [6.45, 7) is 3.65. The van der Waals surface area contributed by atoms with Gasteiger partial charge in [0.1, 0.15) is 17.9 Å². The molecule has 0 spiro atoms. The van der Waals surface area contributed by atoms with E-state index in [1.54, 1.807) is 30.3 Å². The third-order valence-electron chi connectivity index (χ3n) is 5.94. The first-order valence-electron chi connectivity index (χ1n) is 11.1. The molecular weight excluding hydrogens is 468 g/mol. The first-order valence-corrected chi connectivity index (χ1v) is 12.6. The van der Waals surface area contributed by atoms with Gasteiger partial charge in [-0.1, -0.05) is 36.4 Å². The molecule has 0 saturated carbocycles. The fourth-order valence-corrected chi connectivity index (χ4v) is 4.69. The van der Waals surface area contributed by atoms with Crippen LogP contribution in [0, 0.1) is 6.92 Å². The van der Waals surface area contributed by atoms with Gasteiger partial charge in [0.25, 0.3) is 5.91 Å². The number of fused-ring (bicyclic) bond motifs is 1. The van der Waals surface area contributed by atoms with Crippen molar-refractivity contribution in [1.29, 1.82) is 0 Å². The van der Waals surface area contributed by atoms with Gasteiger partial charge in [0.2, 0.25) is 10.0 Å². The van der Waals surface area contributed by atoms with Gasteiger partial charge in [-0.3, -0.25) is 4.79 Å². The third-order valence-corrected chi connectivity index (χ3v) is 6.85. The standard InChI is InChI=1S/C26H26N2O6S/c1-17-7-3-4-8-19(17)15-33-24-10-6-5-9-22(24)26(30)34-16-25(29)28-18(2)13-20-14-21(35(27,31)32)11-12-23(20)28/h3-12,14,18H,13,15-16H2,1-2H3,(H2,27,31,32). The van der Waals surface area contributed by atoms with E-state index in [0.717, 1.165) is 11.1 Å². The summed E-state index contributed by atoms with van der Waals surface area (Å²) in [6.07, 6.45) is 0.466. The van der Waals surface area contributed by atoms with Gasteiger partial charge < -0.3 is 14.4 Å². The number of hydrogen-bond acceptors (Lipinski definition) is 6. The molecule has 1 amide bonds. The Morgan fingerprint density at radius 3 is 2.51 bits per heavy atom. The van der Waals surface area contributed by atoms with Crippen LogP contribution in [0.25, 0.3) is 0 Å². The van der Waals surface area contributed by atoms with Gasteiger partial charge in [-0.05, 0) is 67.3 Å². The average molecular weight is 495 g/mol. The lowest BCUT2D eigenvalue weighted by Gasteiger charge is -2.22. The summed E-state index contributed by atoms with van der Waals surface area (Å²) in [5.41, 5.74) is 3.57. The Kier molecular flexibility index (Phi) is 6.90. The SMILES string of the molecule is Cc1ccccc1COc1ccccc1C(=O)OCC(=O)N1c2ccc(S(N)(=O)=O)cc2CC1C. The molecule has 0 bridgehead atoms. The van der Waals surface area contributed by atoms with Crippen molar-refractivity contribution in [2.24, 2.45) is 5.14 Å². The highest BCUT2D eigenvalue weighted by molar-refractivity contribution is 7.89. The van der Waals surface area contributed by atoms with E-state index in [-0.39, 0.29) is 16.5 Å². The zero-order valence-corrected chi connectivity index (χ0v) is 20.2. The third kappa shape index (κ3) is 5.36. The van der Waals surface area contributed by atoms with Crippen molar-refractivity contribution in [3.8, 4) is 5.75 Å². The predicted octanol–water partition coefficient (Wildman–Crippen LogP) is 3.36. The van der Waals surface area contributed by atoms with E-state index >= 15 is 0 Å². The van der Waals surface area contributed by atoms with Crippen LogP contribution in [0.2, 0.25) is 0 Å². The fourth-order valence-electron chi connectivity index (χ4n) is 4.13. The Morgan fingerprint density at radius 2 is 1.77 bits per heavy atom. The molecule has 0 aromatic heterocycles. The van der Waals surface area contributed by atoms with Crippen molar-refractivity contribution >= 4 is 27.6 Å². The van der Waals surface area contributed by atoms with E-state index in [0.29, 0.717) is 30.0 Å². The van der Waals surface area contributed by atoms with E-state index in [9.17, 15) is 18.0 Å². The second kappa shape index (κ2) is 9.89. The number of amides is 1. The summed E-state index contributed by atoms with van der Waals surface area (Å²) >= 11 is 0. The maximum absolute atomic E-state index is 12.9. The number of para-hydroxylation sites is 1. The van der Waals surface area contributed by atoms with Gasteiger partial charge in [-0.2, -0.15) is 0 Å². The number of hydrogen-bond donors (Lipinski definition) is 1. The lowest BCUT2D eigenvalue weighted by Crippen LogP contribution is -2.38. The minimum atomic E-state index is -3.85. The summed E-state index contributed by atoms with van der Waals surface area (Å²) in [5.74, 6) is -0.717. The second-order valence-electron chi connectivity index (χ2n) is 8.44. The number of rotatable bonds is 7. The smallest absolute Gasteiger partial charge is 0.342 e. The Bertz CT molecular complexity index is 1390. The maximum Gasteiger partial charge on any atom is 0.342 e. The van der Waals surface area contributed by atoms with Crippen molar-refractivity contribution in [3.63, 3.8) is 0 Å². The number of nitrogens with two attached hydrogens (primary N) is 1. The van der Waals surface area contributed by atoms with Gasteiger partial charge in [0, 0.05) is 11.7 Å². The number of benzene rings is 3. The van der Waals surface area contributed by atoms with E-state index in [1.807, 2.05) is 38.1 Å². The molecule has 0 fully saturated rings. The second-order valence-corrected chi connectivity index (χ2v) is 10.0. The topological polar surface area (TPSA) is 116 Å². The van der Waals surface area contributed by atoms with E-state index in [2.05, 4.69) is 0 Å². The number of primary sulfonamides is 1. The van der Waals surface area contributed by atoms with Crippen LogP contribution in [0.5, 0.6) is 5.75 Å². The zero-order chi connectivity index (χ0) is 25.2. The molecule has 3 aromatic rings. The summed E-state index contributed by atoms with van der Waals surface area (Å²) in [5, 5.41) is 5.21. The highest BCUT2D eigenvalue weighted by Crippen LogP contribution is 2.34. The van der Waals surface area contributed by atoms with Crippen LogP contribution in [0.3, 0.4) is 0 Å². The number of sulfonamides is 1. The zero-order valence-electron chi connectivity index (χ0n) is 19.4. The highest BCUT2D eigenvalue weighted by atomic mass is 32.2. The van der Waals surface area contributed by atoms with Gasteiger partial charge >= 0.3 is 5.97 Å². The molecule has 4 rings (SSSR count). The number of esters is 1. The van der Waals surface area contributed by atoms with Crippen LogP contribution in [0.4, 0.5) is 5.69 Å². The Balaban J connectivity index is 1.43. The van der Waals surface area contributed by atoms with E-state index in [1.165, 1.54) is 17.0 Å². The summed E-state index contributed by atoms with van der Waals surface area (Å²) in [7, 11) is -3.85. The number of carbonyl (C=O) groups excluding carboxylic acids is 2. The molecule has 182 valence electrons. The number of ether oxygens (including phenoxy) is 2. The number of aryl methyl sites for hydroxylation is 1. The van der Waals surface area contributed by atoms with Crippen molar-refractivity contribution in [2.45, 2.75) is 37.8 Å². The quantitative estimate of drug-likeness (QED) is 0.504. The molecule has 0 radical (unpaired) electrons. The number of anilines is 1. The van der Waals surface area contributed by atoms with Crippen LogP contribution in [0.15, 0.2) is 71.6 Å². The van der Waals surface area contributed by atoms with Crippen molar-refractivity contribution < 1.29 is 27.5 Å². The number of nitrogens with zero attached hydrogens (tertiary/aromatic N) is 1. The van der Waals surface area contributed by atoms with Gasteiger partial charge in [0.15, 0.2) is 6.61 Å². The first-order chi connectivity index (χ1) is 16.6. The highest BCUT2D eigenvalue weighted by Gasteiger charge is 2.32. The molecule has 8 nitrogen and oxygen atoms in total.